The molecule has 3 rings (SSSR count). The second kappa shape index (κ2) is 4.96. The minimum atomic E-state index is 0.629. The number of hydrogen-bond donors (Lipinski definition) is 0. The number of fused-ring (bicyclic) bond motifs is 1. The quantitative estimate of drug-likeness (QED) is 0.804. The van der Waals surface area contributed by atoms with Gasteiger partial charge in [0.1, 0.15) is 5.75 Å². The molecule has 2 heteroatoms. The van der Waals surface area contributed by atoms with E-state index in [0.29, 0.717) is 6.73 Å². The molecule has 1 heterocycles. The molecular weight excluding hydrogens is 234 g/mol. The summed E-state index contributed by atoms with van der Waals surface area (Å²) in [4.78, 5) is 2.27. The van der Waals surface area contributed by atoms with Crippen LogP contribution in [0.4, 0.5) is 5.69 Å². The Morgan fingerprint density at radius 1 is 1.16 bits per heavy atom. The average Bonchev–Trinajstić information content (AvgIpc) is 2.46. The maximum atomic E-state index is 5.87. The molecule has 2 aromatic carbocycles. The summed E-state index contributed by atoms with van der Waals surface area (Å²) in [6.07, 6.45) is 1.07. The van der Waals surface area contributed by atoms with Crippen molar-refractivity contribution in [3.63, 3.8) is 0 Å². The molecule has 0 N–H and O–H groups in total. The number of benzene rings is 2. The molecule has 0 aromatic heterocycles. The van der Waals surface area contributed by atoms with Gasteiger partial charge in [-0.2, -0.15) is 0 Å². The molecule has 0 atom stereocenters. The maximum absolute atomic E-state index is 5.87. The first kappa shape index (κ1) is 12.1. The molecule has 2 aromatic rings. The zero-order chi connectivity index (χ0) is 13.2. The molecule has 1 aliphatic rings. The van der Waals surface area contributed by atoms with Crippen molar-refractivity contribution in [2.24, 2.45) is 0 Å². The molecule has 0 spiro atoms. The molecule has 0 unspecified atom stereocenters. The highest BCUT2D eigenvalue weighted by Crippen LogP contribution is 2.29. The van der Waals surface area contributed by atoms with E-state index in [9.17, 15) is 0 Å². The van der Waals surface area contributed by atoms with Gasteiger partial charge in [0.2, 0.25) is 0 Å². The van der Waals surface area contributed by atoms with Gasteiger partial charge in [-0.15, -0.1) is 0 Å². The van der Waals surface area contributed by atoms with E-state index >= 15 is 0 Å². The Hall–Kier alpha value is -1.96. The van der Waals surface area contributed by atoms with E-state index < -0.39 is 0 Å². The Kier molecular flexibility index (Phi) is 3.16. The van der Waals surface area contributed by atoms with Crippen molar-refractivity contribution >= 4 is 5.69 Å². The van der Waals surface area contributed by atoms with E-state index in [1.54, 1.807) is 0 Å². The van der Waals surface area contributed by atoms with Gasteiger partial charge in [0.25, 0.3) is 0 Å². The standard InChI is InChI=1S/C17H19NO/c1-3-14-5-4-6-16(10-14)18-11-15-8-7-13(2)9-17(15)19-12-18/h4-10H,3,11-12H2,1-2H3. The Morgan fingerprint density at radius 3 is 2.89 bits per heavy atom. The van der Waals surface area contributed by atoms with Gasteiger partial charge >= 0.3 is 0 Å². The third-order valence-corrected chi connectivity index (χ3v) is 3.64. The van der Waals surface area contributed by atoms with Crippen LogP contribution in [0.5, 0.6) is 5.75 Å². The predicted octanol–water partition coefficient (Wildman–Crippen LogP) is 3.91. The van der Waals surface area contributed by atoms with Crippen LogP contribution >= 0.6 is 0 Å². The Bertz CT molecular complexity index is 592. The fourth-order valence-electron chi connectivity index (χ4n) is 2.46. The molecule has 2 nitrogen and oxygen atoms in total. The summed E-state index contributed by atoms with van der Waals surface area (Å²) in [6, 6.07) is 15.1. The number of nitrogens with zero attached hydrogens (tertiary/aromatic N) is 1. The third kappa shape index (κ3) is 2.43. The highest BCUT2D eigenvalue weighted by molar-refractivity contribution is 5.52. The molecule has 0 fully saturated rings. The van der Waals surface area contributed by atoms with Crippen LogP contribution in [0.15, 0.2) is 42.5 Å². The molecule has 0 bridgehead atoms. The first-order valence-corrected chi connectivity index (χ1v) is 6.82. The molecule has 0 saturated carbocycles. The summed E-state index contributed by atoms with van der Waals surface area (Å²) in [5.74, 6) is 1.03. The molecule has 0 aliphatic carbocycles. The second-order valence-electron chi connectivity index (χ2n) is 5.11. The van der Waals surface area contributed by atoms with Gasteiger partial charge < -0.3 is 9.64 Å². The van der Waals surface area contributed by atoms with Crippen LogP contribution < -0.4 is 9.64 Å². The van der Waals surface area contributed by atoms with Crippen molar-refractivity contribution in [1.82, 2.24) is 0 Å². The van der Waals surface area contributed by atoms with Crippen molar-refractivity contribution < 1.29 is 4.74 Å². The average molecular weight is 253 g/mol. The smallest absolute Gasteiger partial charge is 0.161 e. The van der Waals surface area contributed by atoms with E-state index in [-0.39, 0.29) is 0 Å². The van der Waals surface area contributed by atoms with Gasteiger partial charge in [-0.1, -0.05) is 31.2 Å². The molecule has 0 radical (unpaired) electrons. The lowest BCUT2D eigenvalue weighted by Crippen LogP contribution is -2.31. The fraction of sp³-hybridized carbons (Fsp3) is 0.294. The summed E-state index contributed by atoms with van der Waals surface area (Å²) in [6.45, 7) is 5.83. The minimum Gasteiger partial charge on any atom is -0.473 e. The van der Waals surface area contributed by atoms with E-state index in [0.717, 1.165) is 18.7 Å². The van der Waals surface area contributed by atoms with Crippen LogP contribution in [0.1, 0.15) is 23.6 Å². The number of aryl methyl sites for hydroxylation is 2. The number of rotatable bonds is 2. The second-order valence-corrected chi connectivity index (χ2v) is 5.11. The lowest BCUT2D eigenvalue weighted by atomic mass is 10.1. The third-order valence-electron chi connectivity index (χ3n) is 3.64. The van der Waals surface area contributed by atoms with Crippen LogP contribution in [0.3, 0.4) is 0 Å². The Morgan fingerprint density at radius 2 is 2.05 bits per heavy atom. The predicted molar refractivity (Wildman–Crippen MR) is 78.7 cm³/mol. The van der Waals surface area contributed by atoms with Crippen LogP contribution in [0.2, 0.25) is 0 Å². The van der Waals surface area contributed by atoms with E-state index in [1.807, 2.05) is 0 Å². The summed E-state index contributed by atoms with van der Waals surface area (Å²) >= 11 is 0. The van der Waals surface area contributed by atoms with Gasteiger partial charge in [0.15, 0.2) is 6.73 Å². The number of anilines is 1. The molecule has 0 saturated heterocycles. The van der Waals surface area contributed by atoms with Gasteiger partial charge in [0, 0.05) is 17.8 Å². The summed E-state index contributed by atoms with van der Waals surface area (Å²) in [7, 11) is 0. The van der Waals surface area contributed by atoms with Gasteiger partial charge in [-0.3, -0.25) is 0 Å². The van der Waals surface area contributed by atoms with E-state index in [4.69, 9.17) is 4.74 Å². The lowest BCUT2D eigenvalue weighted by molar-refractivity contribution is 0.289. The van der Waals surface area contributed by atoms with Gasteiger partial charge in [0.05, 0.1) is 0 Å². The first-order chi connectivity index (χ1) is 9.26. The normalized spacial score (nSPS) is 13.9. The largest absolute Gasteiger partial charge is 0.473 e. The summed E-state index contributed by atoms with van der Waals surface area (Å²) in [5.41, 5.74) is 5.12. The number of hydrogen-bond acceptors (Lipinski definition) is 2. The molecule has 1 aliphatic heterocycles. The Labute approximate surface area is 114 Å². The van der Waals surface area contributed by atoms with Crippen LogP contribution in [-0.2, 0) is 13.0 Å². The van der Waals surface area contributed by atoms with E-state index in [1.165, 1.54) is 22.4 Å². The van der Waals surface area contributed by atoms with Crippen LogP contribution in [-0.4, -0.2) is 6.73 Å². The SMILES string of the molecule is CCc1cccc(N2COc3cc(C)ccc3C2)c1. The minimum absolute atomic E-state index is 0.629. The highest BCUT2D eigenvalue weighted by Gasteiger charge is 2.17. The fourth-order valence-corrected chi connectivity index (χ4v) is 2.46. The first-order valence-electron chi connectivity index (χ1n) is 6.82. The number of ether oxygens (including phenoxy) is 1. The summed E-state index contributed by atoms with van der Waals surface area (Å²) < 4.78 is 5.87. The van der Waals surface area contributed by atoms with Crippen molar-refractivity contribution in [3.8, 4) is 5.75 Å². The zero-order valence-corrected chi connectivity index (χ0v) is 11.5. The van der Waals surface area contributed by atoms with Crippen molar-refractivity contribution in [2.45, 2.75) is 26.8 Å². The van der Waals surface area contributed by atoms with Crippen LogP contribution in [0, 0.1) is 6.92 Å². The van der Waals surface area contributed by atoms with Gasteiger partial charge in [-0.25, -0.2) is 0 Å². The topological polar surface area (TPSA) is 12.5 Å². The lowest BCUT2D eigenvalue weighted by Gasteiger charge is -2.31. The van der Waals surface area contributed by atoms with Crippen molar-refractivity contribution in [1.29, 1.82) is 0 Å². The van der Waals surface area contributed by atoms with Crippen molar-refractivity contribution in [3.05, 3.63) is 59.2 Å². The van der Waals surface area contributed by atoms with E-state index in [2.05, 4.69) is 61.2 Å². The Balaban J connectivity index is 1.86. The maximum Gasteiger partial charge on any atom is 0.161 e. The van der Waals surface area contributed by atoms with Crippen molar-refractivity contribution in [2.75, 3.05) is 11.6 Å². The van der Waals surface area contributed by atoms with Crippen LogP contribution in [0.25, 0.3) is 0 Å². The molecule has 19 heavy (non-hydrogen) atoms. The highest BCUT2D eigenvalue weighted by atomic mass is 16.5. The van der Waals surface area contributed by atoms with Gasteiger partial charge in [-0.05, 0) is 42.7 Å². The monoisotopic (exact) mass is 253 g/mol. The summed E-state index contributed by atoms with van der Waals surface area (Å²) in [5, 5.41) is 0. The zero-order valence-electron chi connectivity index (χ0n) is 11.5. The molecule has 98 valence electrons. The molecular formula is C17H19NO. The molecule has 0 amide bonds.